The average Bonchev–Trinajstić information content (AvgIpc) is 2.12. The van der Waals surface area contributed by atoms with Gasteiger partial charge in [0.25, 0.3) is 0 Å². The maximum atomic E-state index is 10.3. The van der Waals surface area contributed by atoms with Gasteiger partial charge in [0, 0.05) is 0 Å². The molecule has 1 fully saturated rings. The van der Waals surface area contributed by atoms with Crippen LogP contribution in [0.1, 0.15) is 33.1 Å². The minimum atomic E-state index is -0.559. The molecule has 0 amide bonds. The summed E-state index contributed by atoms with van der Waals surface area (Å²) in [4.78, 5) is 28.1. The Balaban J connectivity index is 3.00. The molecule has 1 rings (SSSR count). The van der Waals surface area contributed by atoms with Gasteiger partial charge in [-0.25, -0.2) is 9.59 Å². The van der Waals surface area contributed by atoms with Gasteiger partial charge in [0.2, 0.25) is 12.2 Å². The Labute approximate surface area is 83.1 Å². The van der Waals surface area contributed by atoms with Crippen molar-refractivity contribution in [2.45, 2.75) is 44.7 Å². The van der Waals surface area contributed by atoms with Crippen molar-refractivity contribution in [3.63, 3.8) is 0 Å². The average molecular weight is 194 g/mol. The molecule has 3 unspecified atom stereocenters. The van der Waals surface area contributed by atoms with E-state index in [0.717, 1.165) is 19.3 Å². The smallest absolute Gasteiger partial charge is 0.211 e. The van der Waals surface area contributed by atoms with E-state index in [1.807, 2.05) is 13.8 Å². The summed E-state index contributed by atoms with van der Waals surface area (Å²) in [6.45, 7) is 3.86. The molecule has 76 valence electrons. The van der Waals surface area contributed by atoms with Gasteiger partial charge in [0.1, 0.15) is 0 Å². The summed E-state index contributed by atoms with van der Waals surface area (Å²) < 4.78 is 0. The summed E-state index contributed by atoms with van der Waals surface area (Å²) in [6, 6.07) is -0.227. The number of nitrogens with zero attached hydrogens (tertiary/aromatic N) is 2. The van der Waals surface area contributed by atoms with Crippen LogP contribution in [0.15, 0.2) is 9.98 Å². The Kier molecular flexibility index (Phi) is 3.34. The maximum Gasteiger partial charge on any atom is 0.235 e. The second-order valence-electron chi connectivity index (χ2n) is 4.09. The number of hydrogen-bond acceptors (Lipinski definition) is 4. The van der Waals surface area contributed by atoms with Crippen LogP contribution in [-0.4, -0.2) is 23.7 Å². The molecule has 1 aliphatic rings. The first-order valence-electron chi connectivity index (χ1n) is 4.80. The molecular weight excluding hydrogens is 180 g/mol. The Morgan fingerprint density at radius 3 is 2.64 bits per heavy atom. The van der Waals surface area contributed by atoms with Crippen LogP contribution < -0.4 is 0 Å². The van der Waals surface area contributed by atoms with Crippen molar-refractivity contribution in [1.29, 1.82) is 0 Å². The monoisotopic (exact) mass is 194 g/mol. The molecule has 0 spiro atoms. The highest BCUT2D eigenvalue weighted by Gasteiger charge is 2.40. The topological polar surface area (TPSA) is 58.9 Å². The van der Waals surface area contributed by atoms with Crippen LogP contribution in [-0.2, 0) is 9.59 Å². The lowest BCUT2D eigenvalue weighted by Crippen LogP contribution is -2.43. The Bertz CT molecular complexity index is 303. The van der Waals surface area contributed by atoms with Crippen LogP contribution in [0.2, 0.25) is 0 Å². The first kappa shape index (κ1) is 10.8. The van der Waals surface area contributed by atoms with Gasteiger partial charge in [-0.15, -0.1) is 0 Å². The summed E-state index contributed by atoms with van der Waals surface area (Å²) in [6.07, 6.45) is 5.94. The van der Waals surface area contributed by atoms with E-state index < -0.39 is 5.54 Å². The summed E-state index contributed by atoms with van der Waals surface area (Å²) in [5.74, 6) is 0.271. The van der Waals surface area contributed by atoms with Gasteiger partial charge < -0.3 is 0 Å². The first-order valence-corrected chi connectivity index (χ1v) is 4.80. The Hall–Kier alpha value is -1.24. The fourth-order valence-electron chi connectivity index (χ4n) is 2.25. The largest absolute Gasteiger partial charge is 0.235 e. The van der Waals surface area contributed by atoms with Gasteiger partial charge in [0.15, 0.2) is 0 Å². The molecule has 0 N–H and O–H groups in total. The number of isocyanates is 2. The molecule has 4 nitrogen and oxygen atoms in total. The molecule has 0 radical (unpaired) electrons. The number of hydrogen-bond donors (Lipinski definition) is 0. The molecule has 1 saturated carbocycles. The quantitative estimate of drug-likeness (QED) is 0.495. The van der Waals surface area contributed by atoms with Gasteiger partial charge in [-0.05, 0) is 25.7 Å². The molecular formula is C10H14N2O2. The third-order valence-corrected chi connectivity index (χ3v) is 3.01. The molecule has 0 saturated heterocycles. The predicted molar refractivity (Wildman–Crippen MR) is 51.5 cm³/mol. The lowest BCUT2D eigenvalue weighted by atomic mass is 9.74. The normalized spacial score (nSPS) is 36.7. The van der Waals surface area contributed by atoms with E-state index >= 15 is 0 Å². The zero-order valence-electron chi connectivity index (χ0n) is 8.49. The fraction of sp³-hybridized carbons (Fsp3) is 0.800. The van der Waals surface area contributed by atoms with Crippen LogP contribution in [0.4, 0.5) is 0 Å². The van der Waals surface area contributed by atoms with Crippen molar-refractivity contribution >= 4 is 12.2 Å². The second-order valence-corrected chi connectivity index (χ2v) is 4.09. The molecule has 0 aromatic heterocycles. The molecule has 0 bridgehead atoms. The summed E-state index contributed by atoms with van der Waals surface area (Å²) in [5, 5.41) is 0. The highest BCUT2D eigenvalue weighted by Crippen LogP contribution is 2.36. The lowest BCUT2D eigenvalue weighted by molar-refractivity contribution is 0.214. The zero-order valence-corrected chi connectivity index (χ0v) is 8.49. The predicted octanol–water partition coefficient (Wildman–Crippen LogP) is 1.61. The Morgan fingerprint density at radius 2 is 2.07 bits per heavy atom. The minimum Gasteiger partial charge on any atom is -0.211 e. The van der Waals surface area contributed by atoms with E-state index in [9.17, 15) is 9.59 Å². The van der Waals surface area contributed by atoms with E-state index in [-0.39, 0.29) is 12.0 Å². The molecule has 3 atom stereocenters. The molecule has 1 aliphatic carbocycles. The molecule has 4 heteroatoms. The van der Waals surface area contributed by atoms with Crippen molar-refractivity contribution < 1.29 is 9.59 Å². The van der Waals surface area contributed by atoms with E-state index in [2.05, 4.69) is 9.98 Å². The van der Waals surface area contributed by atoms with E-state index in [1.165, 1.54) is 0 Å². The summed E-state index contributed by atoms with van der Waals surface area (Å²) in [5.41, 5.74) is -0.559. The minimum absolute atomic E-state index is 0.227. The van der Waals surface area contributed by atoms with Crippen LogP contribution in [0.3, 0.4) is 0 Å². The number of rotatable bonds is 2. The van der Waals surface area contributed by atoms with Crippen LogP contribution in [0.25, 0.3) is 0 Å². The molecule has 0 aromatic carbocycles. The maximum absolute atomic E-state index is 10.3. The summed E-state index contributed by atoms with van der Waals surface area (Å²) in [7, 11) is 0. The van der Waals surface area contributed by atoms with Crippen LogP contribution >= 0.6 is 0 Å². The standard InChI is InChI=1S/C10H14N2O2/c1-8-4-3-5-10(2,12-7-14)9(8)11-6-13/h8-9H,3-5H2,1-2H3. The highest BCUT2D eigenvalue weighted by molar-refractivity contribution is 5.38. The van der Waals surface area contributed by atoms with E-state index in [1.54, 1.807) is 12.2 Å². The molecule has 0 aliphatic heterocycles. The number of carbonyl (C=O) groups excluding carboxylic acids is 2. The van der Waals surface area contributed by atoms with Crippen molar-refractivity contribution in [2.24, 2.45) is 15.9 Å². The van der Waals surface area contributed by atoms with Crippen molar-refractivity contribution in [3.05, 3.63) is 0 Å². The van der Waals surface area contributed by atoms with Gasteiger partial charge in [-0.3, -0.25) is 0 Å². The van der Waals surface area contributed by atoms with Crippen LogP contribution in [0.5, 0.6) is 0 Å². The summed E-state index contributed by atoms with van der Waals surface area (Å²) >= 11 is 0. The number of aliphatic imine (C=N–C) groups is 2. The van der Waals surface area contributed by atoms with Crippen molar-refractivity contribution in [2.75, 3.05) is 0 Å². The van der Waals surface area contributed by atoms with Gasteiger partial charge in [-0.2, -0.15) is 9.98 Å². The fourth-order valence-corrected chi connectivity index (χ4v) is 2.25. The molecule has 0 heterocycles. The second kappa shape index (κ2) is 4.32. The van der Waals surface area contributed by atoms with Gasteiger partial charge >= 0.3 is 0 Å². The zero-order chi connectivity index (χ0) is 10.6. The van der Waals surface area contributed by atoms with Gasteiger partial charge in [-0.1, -0.05) is 13.3 Å². The SMILES string of the molecule is CC1CCCC(C)(N=C=O)C1N=C=O. The molecule has 14 heavy (non-hydrogen) atoms. The van der Waals surface area contributed by atoms with E-state index in [0.29, 0.717) is 0 Å². The Morgan fingerprint density at radius 1 is 1.36 bits per heavy atom. The van der Waals surface area contributed by atoms with Crippen molar-refractivity contribution in [3.8, 4) is 0 Å². The first-order chi connectivity index (χ1) is 6.64. The van der Waals surface area contributed by atoms with E-state index in [4.69, 9.17) is 0 Å². The van der Waals surface area contributed by atoms with Crippen molar-refractivity contribution in [1.82, 2.24) is 0 Å². The third-order valence-electron chi connectivity index (χ3n) is 3.01. The van der Waals surface area contributed by atoms with Crippen LogP contribution in [0, 0.1) is 5.92 Å². The molecule has 0 aromatic rings. The third kappa shape index (κ3) is 1.98. The lowest BCUT2D eigenvalue weighted by Gasteiger charge is -2.37. The van der Waals surface area contributed by atoms with Gasteiger partial charge in [0.05, 0.1) is 11.6 Å². The highest BCUT2D eigenvalue weighted by atomic mass is 16.1.